The maximum absolute atomic E-state index is 12.6. The molecular formula is C19H13F3N2O2S. The predicted molar refractivity (Wildman–Crippen MR) is 96.1 cm³/mol. The molecule has 2 aromatic carbocycles. The molecule has 4 nitrogen and oxygen atoms in total. The minimum atomic E-state index is -4.41. The van der Waals surface area contributed by atoms with Crippen LogP contribution in [0.3, 0.4) is 0 Å². The third-order valence-electron chi connectivity index (χ3n) is 3.40. The first-order valence-electron chi connectivity index (χ1n) is 7.83. The largest absolute Gasteiger partial charge is 0.431 e. The van der Waals surface area contributed by atoms with Gasteiger partial charge in [-0.25, -0.2) is 4.98 Å². The molecule has 3 aromatic rings. The topological polar surface area (TPSA) is 55.1 Å². The number of benzene rings is 2. The smallest absolute Gasteiger partial charge is 0.416 e. The maximum atomic E-state index is 12.6. The van der Waals surface area contributed by atoms with E-state index in [1.807, 2.05) is 18.2 Å². The summed E-state index contributed by atoms with van der Waals surface area (Å²) < 4.78 is 43.4. The molecule has 0 radical (unpaired) electrons. The molecule has 0 fully saturated rings. The number of carbonyl (C=O) groups excluding carboxylic acids is 1. The summed E-state index contributed by atoms with van der Waals surface area (Å²) in [5.41, 5.74) is 0.840. The fourth-order valence-corrected chi connectivity index (χ4v) is 2.82. The van der Waals surface area contributed by atoms with E-state index in [1.165, 1.54) is 12.1 Å². The van der Waals surface area contributed by atoms with Gasteiger partial charge in [0.2, 0.25) is 5.91 Å². The lowest BCUT2D eigenvalue weighted by atomic mass is 10.1. The maximum Gasteiger partial charge on any atom is 0.416 e. The Morgan fingerprint density at radius 1 is 1.19 bits per heavy atom. The van der Waals surface area contributed by atoms with Crippen LogP contribution < -0.4 is 5.32 Å². The molecule has 0 aliphatic heterocycles. The fraction of sp³-hybridized carbons (Fsp3) is 0.158. The standard InChI is InChI=1S/C19H13F3N2O2S/c20-19(21,22)14-7-3-5-13(11-14)6-4-10-23-17(25)12-27-18-24-15-8-1-2-9-16(15)26-18/h1-3,5,7-9,11H,10,12H2,(H,23,25). The number of hydrogen-bond acceptors (Lipinski definition) is 4. The van der Waals surface area contributed by atoms with Crippen molar-refractivity contribution in [3.63, 3.8) is 0 Å². The zero-order valence-corrected chi connectivity index (χ0v) is 14.7. The molecule has 0 spiro atoms. The monoisotopic (exact) mass is 390 g/mol. The molecule has 1 aromatic heterocycles. The molecule has 3 rings (SSSR count). The number of alkyl halides is 3. The predicted octanol–water partition coefficient (Wildman–Crippen LogP) is 4.11. The summed E-state index contributed by atoms with van der Waals surface area (Å²) in [5, 5.41) is 2.97. The van der Waals surface area contributed by atoms with Crippen LogP contribution in [0.2, 0.25) is 0 Å². The van der Waals surface area contributed by atoms with Crippen molar-refractivity contribution in [2.45, 2.75) is 11.4 Å². The van der Waals surface area contributed by atoms with Gasteiger partial charge in [-0.05, 0) is 30.3 Å². The first kappa shape index (κ1) is 18.9. The van der Waals surface area contributed by atoms with Crippen molar-refractivity contribution in [3.05, 3.63) is 59.7 Å². The highest BCUT2D eigenvalue weighted by molar-refractivity contribution is 7.99. The molecule has 1 N–H and O–H groups in total. The van der Waals surface area contributed by atoms with E-state index in [0.29, 0.717) is 16.3 Å². The average molecular weight is 390 g/mol. The number of oxazole rings is 1. The second kappa shape index (κ2) is 8.18. The molecule has 0 saturated heterocycles. The van der Waals surface area contributed by atoms with Crippen LogP contribution in [-0.2, 0) is 11.0 Å². The molecule has 8 heteroatoms. The van der Waals surface area contributed by atoms with Gasteiger partial charge in [-0.1, -0.05) is 41.8 Å². The summed E-state index contributed by atoms with van der Waals surface area (Å²) in [6.45, 7) is 0.0310. The van der Waals surface area contributed by atoms with E-state index in [-0.39, 0.29) is 23.8 Å². The summed E-state index contributed by atoms with van der Waals surface area (Å²) in [6, 6.07) is 12.0. The van der Waals surface area contributed by atoms with Crippen LogP contribution in [0.4, 0.5) is 13.2 Å². The highest BCUT2D eigenvalue weighted by Gasteiger charge is 2.30. The molecule has 0 atom stereocenters. The number of carbonyl (C=O) groups is 1. The van der Waals surface area contributed by atoms with Gasteiger partial charge in [0.1, 0.15) is 5.52 Å². The first-order valence-corrected chi connectivity index (χ1v) is 8.81. The Labute approximate surface area is 157 Å². The van der Waals surface area contributed by atoms with Crippen LogP contribution in [0.5, 0.6) is 0 Å². The Balaban J connectivity index is 1.48. The fourth-order valence-electron chi connectivity index (χ4n) is 2.15. The number of amides is 1. The molecule has 0 bridgehead atoms. The van der Waals surface area contributed by atoms with Gasteiger partial charge in [-0.3, -0.25) is 4.79 Å². The second-order valence-corrected chi connectivity index (χ2v) is 6.32. The molecule has 0 aliphatic carbocycles. The molecule has 0 unspecified atom stereocenters. The number of hydrogen-bond donors (Lipinski definition) is 1. The van der Waals surface area contributed by atoms with Gasteiger partial charge in [0.15, 0.2) is 5.58 Å². The van der Waals surface area contributed by atoms with E-state index >= 15 is 0 Å². The zero-order chi connectivity index (χ0) is 19.3. The lowest BCUT2D eigenvalue weighted by Gasteiger charge is -2.05. The SMILES string of the molecule is O=C(CSc1nc2ccccc2o1)NCC#Cc1cccc(C(F)(F)F)c1. The van der Waals surface area contributed by atoms with Crippen molar-refractivity contribution >= 4 is 28.8 Å². The van der Waals surface area contributed by atoms with Gasteiger partial charge in [-0.15, -0.1) is 0 Å². The zero-order valence-electron chi connectivity index (χ0n) is 13.8. The number of thioether (sulfide) groups is 1. The number of aromatic nitrogens is 1. The van der Waals surface area contributed by atoms with Crippen molar-refractivity contribution in [2.24, 2.45) is 0 Å². The van der Waals surface area contributed by atoms with E-state index in [1.54, 1.807) is 6.07 Å². The molecular weight excluding hydrogens is 377 g/mol. The Morgan fingerprint density at radius 2 is 2.00 bits per heavy atom. The van der Waals surface area contributed by atoms with E-state index in [0.717, 1.165) is 23.9 Å². The summed E-state index contributed by atoms with van der Waals surface area (Å²) in [4.78, 5) is 16.1. The quantitative estimate of drug-likeness (QED) is 0.538. The van der Waals surface area contributed by atoms with Crippen molar-refractivity contribution in [1.29, 1.82) is 0 Å². The number of nitrogens with zero attached hydrogens (tertiary/aromatic N) is 1. The number of nitrogens with one attached hydrogen (secondary N) is 1. The molecule has 1 amide bonds. The van der Waals surface area contributed by atoms with Crippen LogP contribution in [0, 0.1) is 11.8 Å². The van der Waals surface area contributed by atoms with Crippen molar-refractivity contribution < 1.29 is 22.4 Å². The first-order chi connectivity index (χ1) is 12.9. The molecule has 0 saturated carbocycles. The van der Waals surface area contributed by atoms with Crippen LogP contribution in [0.25, 0.3) is 11.1 Å². The molecule has 0 aliphatic rings. The summed E-state index contributed by atoms with van der Waals surface area (Å²) in [6.07, 6.45) is -4.41. The van der Waals surface area contributed by atoms with E-state index in [2.05, 4.69) is 22.1 Å². The van der Waals surface area contributed by atoms with E-state index in [4.69, 9.17) is 4.42 Å². The van der Waals surface area contributed by atoms with Crippen LogP contribution in [0.1, 0.15) is 11.1 Å². The van der Waals surface area contributed by atoms with Crippen molar-refractivity contribution in [1.82, 2.24) is 10.3 Å². The molecule has 1 heterocycles. The summed E-state index contributed by atoms with van der Waals surface area (Å²) >= 11 is 1.15. The highest BCUT2D eigenvalue weighted by Crippen LogP contribution is 2.29. The highest BCUT2D eigenvalue weighted by atomic mass is 32.2. The number of para-hydroxylation sites is 2. The summed E-state index contributed by atoms with van der Waals surface area (Å²) in [7, 11) is 0. The lowest BCUT2D eigenvalue weighted by Crippen LogP contribution is -2.25. The lowest BCUT2D eigenvalue weighted by molar-refractivity contribution is -0.137. The Hall–Kier alpha value is -2.92. The average Bonchev–Trinajstić information content (AvgIpc) is 3.06. The van der Waals surface area contributed by atoms with Gasteiger partial charge < -0.3 is 9.73 Å². The van der Waals surface area contributed by atoms with E-state index in [9.17, 15) is 18.0 Å². The molecule has 27 heavy (non-hydrogen) atoms. The second-order valence-electron chi connectivity index (χ2n) is 5.39. The number of rotatable bonds is 4. The third kappa shape index (κ3) is 5.28. The van der Waals surface area contributed by atoms with E-state index < -0.39 is 11.7 Å². The van der Waals surface area contributed by atoms with Gasteiger partial charge >= 0.3 is 6.18 Å². The Bertz CT molecular complexity index is 986. The van der Waals surface area contributed by atoms with Crippen LogP contribution in [0.15, 0.2) is 58.2 Å². The minimum Gasteiger partial charge on any atom is -0.431 e. The minimum absolute atomic E-state index is 0.0310. The summed E-state index contributed by atoms with van der Waals surface area (Å²) in [5.74, 6) is 5.05. The van der Waals surface area contributed by atoms with Gasteiger partial charge in [-0.2, -0.15) is 13.2 Å². The van der Waals surface area contributed by atoms with Crippen LogP contribution in [-0.4, -0.2) is 23.2 Å². The van der Waals surface area contributed by atoms with Gasteiger partial charge in [0.25, 0.3) is 5.22 Å². The molecule has 138 valence electrons. The normalized spacial score (nSPS) is 11.1. The van der Waals surface area contributed by atoms with Gasteiger partial charge in [0, 0.05) is 5.56 Å². The van der Waals surface area contributed by atoms with Crippen LogP contribution >= 0.6 is 11.8 Å². The third-order valence-corrected chi connectivity index (χ3v) is 4.23. The number of fused-ring (bicyclic) bond motifs is 1. The Morgan fingerprint density at radius 3 is 2.78 bits per heavy atom. The number of halogens is 3. The van der Waals surface area contributed by atoms with Gasteiger partial charge in [0.05, 0.1) is 17.9 Å². The van der Waals surface area contributed by atoms with Crippen molar-refractivity contribution in [3.8, 4) is 11.8 Å². The Kier molecular flexibility index (Phi) is 5.72. The van der Waals surface area contributed by atoms with Crippen molar-refractivity contribution in [2.75, 3.05) is 12.3 Å².